The molecule has 2 heterocycles. The molecule has 1 N–H and O–H groups in total. The van der Waals surface area contributed by atoms with Crippen molar-refractivity contribution in [2.24, 2.45) is 0 Å². The van der Waals surface area contributed by atoms with Crippen LogP contribution in [0.25, 0.3) is 16.3 Å². The molecule has 0 amide bonds. The Morgan fingerprint density at radius 3 is 2.45 bits per heavy atom. The van der Waals surface area contributed by atoms with Crippen LogP contribution in [0.4, 0.5) is 0 Å². The number of hydrogen-bond acceptors (Lipinski definition) is 5. The van der Waals surface area contributed by atoms with Gasteiger partial charge in [0.15, 0.2) is 0 Å². The summed E-state index contributed by atoms with van der Waals surface area (Å²) in [6, 6.07) is 19.9. The first-order valence-electron chi connectivity index (χ1n) is 8.88. The van der Waals surface area contributed by atoms with Crippen LogP contribution in [0.2, 0.25) is 0 Å². The Hall–Kier alpha value is -2.94. The zero-order chi connectivity index (χ0) is 20.3. The number of aromatic nitrogens is 2. The molecular weight excluding hydrogens is 406 g/mol. The van der Waals surface area contributed by atoms with Gasteiger partial charge in [-0.1, -0.05) is 24.3 Å². The van der Waals surface area contributed by atoms with E-state index in [1.165, 1.54) is 19.2 Å². The maximum absolute atomic E-state index is 12.7. The summed E-state index contributed by atoms with van der Waals surface area (Å²) < 4.78 is 34.9. The van der Waals surface area contributed by atoms with Gasteiger partial charge in [0.2, 0.25) is 10.0 Å². The van der Waals surface area contributed by atoms with Gasteiger partial charge in [0.05, 0.1) is 22.6 Å². The Kier molecular flexibility index (Phi) is 5.48. The highest BCUT2D eigenvalue weighted by Gasteiger charge is 2.18. The molecule has 0 saturated carbocycles. The van der Waals surface area contributed by atoms with E-state index in [9.17, 15) is 8.42 Å². The molecule has 29 heavy (non-hydrogen) atoms. The van der Waals surface area contributed by atoms with E-state index in [0.29, 0.717) is 5.75 Å². The molecule has 0 bridgehead atoms. The van der Waals surface area contributed by atoms with Gasteiger partial charge in [-0.25, -0.2) is 17.8 Å². The molecule has 148 valence electrons. The molecule has 0 aliphatic rings. The van der Waals surface area contributed by atoms with E-state index in [0.717, 1.165) is 21.8 Å². The van der Waals surface area contributed by atoms with Crippen molar-refractivity contribution in [1.29, 1.82) is 0 Å². The van der Waals surface area contributed by atoms with Crippen LogP contribution in [-0.2, 0) is 16.6 Å². The van der Waals surface area contributed by atoms with E-state index in [2.05, 4.69) is 4.72 Å². The highest BCUT2D eigenvalue weighted by Crippen LogP contribution is 2.28. The lowest BCUT2D eigenvalue weighted by Crippen LogP contribution is -2.23. The van der Waals surface area contributed by atoms with Crippen molar-refractivity contribution in [3.8, 4) is 22.0 Å². The van der Waals surface area contributed by atoms with E-state index in [-0.39, 0.29) is 11.4 Å². The summed E-state index contributed by atoms with van der Waals surface area (Å²) in [5.41, 5.74) is 2.48. The zero-order valence-corrected chi connectivity index (χ0v) is 17.3. The van der Waals surface area contributed by atoms with Crippen molar-refractivity contribution in [3.05, 3.63) is 83.9 Å². The van der Waals surface area contributed by atoms with Gasteiger partial charge in [-0.15, -0.1) is 11.3 Å². The third-order valence-corrected chi connectivity index (χ3v) is 6.68. The van der Waals surface area contributed by atoms with E-state index in [1.807, 2.05) is 54.0 Å². The highest BCUT2D eigenvalue weighted by atomic mass is 32.2. The molecule has 0 unspecified atom stereocenters. The van der Waals surface area contributed by atoms with Crippen LogP contribution >= 0.6 is 11.3 Å². The Labute approximate surface area is 173 Å². The average Bonchev–Trinajstić information content (AvgIpc) is 3.43. The average molecular weight is 426 g/mol. The molecule has 8 heteroatoms. The maximum atomic E-state index is 12.7. The van der Waals surface area contributed by atoms with Gasteiger partial charge < -0.3 is 4.74 Å². The third-order valence-electron chi connectivity index (χ3n) is 4.39. The summed E-state index contributed by atoms with van der Waals surface area (Å²) in [5, 5.41) is 6.67. The summed E-state index contributed by atoms with van der Waals surface area (Å²) >= 11 is 1.57. The van der Waals surface area contributed by atoms with Crippen LogP contribution in [-0.4, -0.2) is 25.3 Å². The maximum Gasteiger partial charge on any atom is 0.240 e. The second kappa shape index (κ2) is 8.20. The van der Waals surface area contributed by atoms with Crippen LogP contribution in [0.3, 0.4) is 0 Å². The van der Waals surface area contributed by atoms with Crippen LogP contribution in [0.1, 0.15) is 5.56 Å². The van der Waals surface area contributed by atoms with Crippen molar-refractivity contribution >= 4 is 21.4 Å². The minimum absolute atomic E-state index is 0.133. The lowest BCUT2D eigenvalue weighted by Gasteiger charge is -2.07. The summed E-state index contributed by atoms with van der Waals surface area (Å²) in [7, 11) is -2.12. The first-order chi connectivity index (χ1) is 14.1. The molecule has 2 aromatic heterocycles. The molecule has 4 aromatic rings. The number of nitrogens with zero attached hydrogens (tertiary/aromatic N) is 2. The van der Waals surface area contributed by atoms with Gasteiger partial charge >= 0.3 is 0 Å². The lowest BCUT2D eigenvalue weighted by atomic mass is 10.2. The number of hydrogen-bond donors (Lipinski definition) is 1. The highest BCUT2D eigenvalue weighted by molar-refractivity contribution is 7.89. The van der Waals surface area contributed by atoms with Crippen LogP contribution < -0.4 is 9.46 Å². The SMILES string of the molecule is COc1ccc(S(=O)(=O)NCc2cn(-c3ccccc3)nc2-c2cccs2)cc1. The number of ether oxygens (including phenoxy) is 1. The summed E-state index contributed by atoms with van der Waals surface area (Å²) in [6.07, 6.45) is 1.86. The van der Waals surface area contributed by atoms with E-state index >= 15 is 0 Å². The monoisotopic (exact) mass is 425 g/mol. The van der Waals surface area contributed by atoms with Crippen LogP contribution in [0.5, 0.6) is 5.75 Å². The van der Waals surface area contributed by atoms with E-state index in [4.69, 9.17) is 9.84 Å². The van der Waals surface area contributed by atoms with Gasteiger partial charge in [0, 0.05) is 18.3 Å². The Morgan fingerprint density at radius 2 is 1.79 bits per heavy atom. The fourth-order valence-corrected chi connectivity index (χ4v) is 4.63. The molecule has 0 spiro atoms. The standard InChI is InChI=1S/C21H19N3O3S2/c1-27-18-9-11-19(12-10-18)29(25,26)22-14-16-15-24(17-6-3-2-4-7-17)23-21(16)20-8-5-13-28-20/h2-13,15,22H,14H2,1H3. The zero-order valence-electron chi connectivity index (χ0n) is 15.6. The molecule has 2 aromatic carbocycles. The number of rotatable bonds is 7. The van der Waals surface area contributed by atoms with E-state index < -0.39 is 10.0 Å². The number of sulfonamides is 1. The van der Waals surface area contributed by atoms with E-state index in [1.54, 1.807) is 28.2 Å². The van der Waals surface area contributed by atoms with Crippen molar-refractivity contribution in [1.82, 2.24) is 14.5 Å². The largest absolute Gasteiger partial charge is 0.497 e. The predicted octanol–water partition coefficient (Wildman–Crippen LogP) is 4.09. The summed E-state index contributed by atoms with van der Waals surface area (Å²) in [4.78, 5) is 1.17. The second-order valence-corrected chi connectivity index (χ2v) is 8.98. The van der Waals surface area contributed by atoms with Gasteiger partial charge in [0.25, 0.3) is 0 Å². The summed E-state index contributed by atoms with van der Waals surface area (Å²) in [6.45, 7) is 0.133. The molecule has 4 rings (SSSR count). The van der Waals surface area contributed by atoms with Crippen LogP contribution in [0.15, 0.2) is 83.2 Å². The molecule has 0 fully saturated rings. The normalized spacial score (nSPS) is 11.5. The molecule has 0 saturated heterocycles. The fraction of sp³-hybridized carbons (Fsp3) is 0.0952. The number of para-hydroxylation sites is 1. The van der Waals surface area contributed by atoms with Gasteiger partial charge in [-0.2, -0.15) is 5.10 Å². The summed E-state index contributed by atoms with van der Waals surface area (Å²) in [5.74, 6) is 0.605. The molecular formula is C21H19N3O3S2. The van der Waals surface area contributed by atoms with Crippen molar-refractivity contribution in [2.75, 3.05) is 7.11 Å². The minimum Gasteiger partial charge on any atom is -0.497 e. The topological polar surface area (TPSA) is 73.2 Å². The number of nitrogens with one attached hydrogen (secondary N) is 1. The predicted molar refractivity (Wildman–Crippen MR) is 114 cm³/mol. The molecule has 0 atom stereocenters. The van der Waals surface area contributed by atoms with Crippen molar-refractivity contribution in [3.63, 3.8) is 0 Å². The Balaban J connectivity index is 1.63. The fourth-order valence-electron chi connectivity index (χ4n) is 2.88. The molecule has 0 radical (unpaired) electrons. The van der Waals surface area contributed by atoms with Crippen molar-refractivity contribution < 1.29 is 13.2 Å². The lowest BCUT2D eigenvalue weighted by molar-refractivity contribution is 0.414. The Morgan fingerprint density at radius 1 is 1.03 bits per heavy atom. The minimum atomic E-state index is -3.66. The number of benzene rings is 2. The number of methoxy groups -OCH3 is 1. The number of thiophene rings is 1. The molecule has 0 aliphatic heterocycles. The quantitative estimate of drug-likeness (QED) is 0.484. The van der Waals surface area contributed by atoms with Crippen LogP contribution in [0, 0.1) is 0 Å². The second-order valence-electron chi connectivity index (χ2n) is 6.26. The smallest absolute Gasteiger partial charge is 0.240 e. The molecule has 0 aliphatic carbocycles. The van der Waals surface area contributed by atoms with Gasteiger partial charge in [0.1, 0.15) is 11.4 Å². The first-order valence-corrected chi connectivity index (χ1v) is 11.2. The van der Waals surface area contributed by atoms with Gasteiger partial charge in [-0.05, 0) is 47.8 Å². The van der Waals surface area contributed by atoms with Crippen molar-refractivity contribution in [2.45, 2.75) is 11.4 Å². The first kappa shape index (κ1) is 19.4. The Bertz CT molecular complexity index is 1180. The third kappa shape index (κ3) is 4.24. The van der Waals surface area contributed by atoms with Gasteiger partial charge in [-0.3, -0.25) is 0 Å². The molecule has 6 nitrogen and oxygen atoms in total.